The molecule has 3 rings (SSSR count). The van der Waals surface area contributed by atoms with Crippen LogP contribution >= 0.6 is 0 Å². The van der Waals surface area contributed by atoms with E-state index in [2.05, 4.69) is 38.4 Å². The minimum absolute atomic E-state index is 0.111. The zero-order chi connectivity index (χ0) is 17.6. The van der Waals surface area contributed by atoms with Crippen LogP contribution in [-0.4, -0.2) is 40.3 Å². The summed E-state index contributed by atoms with van der Waals surface area (Å²) in [5, 5.41) is 12.4. The van der Waals surface area contributed by atoms with E-state index in [0.717, 1.165) is 12.1 Å². The molecule has 0 atom stereocenters. The summed E-state index contributed by atoms with van der Waals surface area (Å²) in [7, 11) is 1.46. The Morgan fingerprint density at radius 1 is 1.24 bits per heavy atom. The van der Waals surface area contributed by atoms with Crippen LogP contribution in [-0.2, 0) is 13.1 Å². The molecule has 2 heterocycles. The van der Waals surface area contributed by atoms with E-state index in [9.17, 15) is 5.21 Å². The number of hydrogen-bond donors (Lipinski definition) is 4. The number of ether oxygens (including phenoxy) is 1. The van der Waals surface area contributed by atoms with E-state index in [1.807, 2.05) is 11.5 Å². The minimum atomic E-state index is 0.111. The molecule has 25 heavy (non-hydrogen) atoms. The lowest BCUT2D eigenvalue weighted by atomic mass is 10.1. The van der Waals surface area contributed by atoms with Gasteiger partial charge in [0.05, 0.1) is 7.11 Å². The predicted octanol–water partition coefficient (Wildman–Crippen LogP) is 2.08. The van der Waals surface area contributed by atoms with Crippen molar-refractivity contribution in [1.29, 1.82) is 0 Å². The van der Waals surface area contributed by atoms with E-state index in [1.165, 1.54) is 38.6 Å². The standard InChI is InChI=1S/C17H24N6O2/c1-25-17-20-15(18)14(22-24)16(21-17)19-10-12-5-4-6-13(9-12)11-23-7-2-3-8-23/h4-6,9,22,24H,2-3,7-8,10-11H2,1H3,(H3,18,19,20,21). The summed E-state index contributed by atoms with van der Waals surface area (Å²) in [6, 6.07) is 8.58. The number of anilines is 3. The average molecular weight is 344 g/mol. The van der Waals surface area contributed by atoms with Crippen molar-refractivity contribution in [2.45, 2.75) is 25.9 Å². The van der Waals surface area contributed by atoms with E-state index in [-0.39, 0.29) is 17.5 Å². The summed E-state index contributed by atoms with van der Waals surface area (Å²) in [6.07, 6.45) is 2.57. The number of nitrogens with one attached hydrogen (secondary N) is 2. The number of rotatable bonds is 7. The van der Waals surface area contributed by atoms with E-state index >= 15 is 0 Å². The molecule has 0 unspecified atom stereocenters. The quantitative estimate of drug-likeness (QED) is 0.565. The fourth-order valence-corrected chi connectivity index (χ4v) is 3.01. The van der Waals surface area contributed by atoms with E-state index in [4.69, 9.17) is 10.5 Å². The van der Waals surface area contributed by atoms with Gasteiger partial charge in [0.2, 0.25) is 0 Å². The predicted molar refractivity (Wildman–Crippen MR) is 96.7 cm³/mol. The highest BCUT2D eigenvalue weighted by molar-refractivity contribution is 5.74. The van der Waals surface area contributed by atoms with Crippen LogP contribution in [0.5, 0.6) is 6.01 Å². The summed E-state index contributed by atoms with van der Waals surface area (Å²) in [5.41, 5.74) is 10.5. The van der Waals surface area contributed by atoms with Gasteiger partial charge >= 0.3 is 6.01 Å². The topological polar surface area (TPSA) is 109 Å². The van der Waals surface area contributed by atoms with Gasteiger partial charge in [-0.3, -0.25) is 15.6 Å². The Bertz CT molecular complexity index is 718. The second-order valence-electron chi connectivity index (χ2n) is 6.09. The number of nitrogen functional groups attached to an aromatic ring is 1. The van der Waals surface area contributed by atoms with Crippen molar-refractivity contribution >= 4 is 17.3 Å². The molecule has 1 fully saturated rings. The Morgan fingerprint density at radius 3 is 2.72 bits per heavy atom. The van der Waals surface area contributed by atoms with Crippen LogP contribution in [0.2, 0.25) is 0 Å². The molecule has 8 nitrogen and oxygen atoms in total. The summed E-state index contributed by atoms with van der Waals surface area (Å²) >= 11 is 0. The van der Waals surface area contributed by atoms with Gasteiger partial charge in [0.1, 0.15) is 5.69 Å². The van der Waals surface area contributed by atoms with Crippen LogP contribution in [0.25, 0.3) is 0 Å². The number of benzene rings is 1. The van der Waals surface area contributed by atoms with Crippen molar-refractivity contribution in [3.8, 4) is 6.01 Å². The fraction of sp³-hybridized carbons (Fsp3) is 0.412. The first-order valence-corrected chi connectivity index (χ1v) is 8.35. The smallest absolute Gasteiger partial charge is 0.320 e. The molecule has 134 valence electrons. The van der Waals surface area contributed by atoms with Gasteiger partial charge in [0.25, 0.3) is 0 Å². The highest BCUT2D eigenvalue weighted by atomic mass is 16.5. The summed E-state index contributed by atoms with van der Waals surface area (Å²) in [5.74, 6) is 0.497. The van der Waals surface area contributed by atoms with Crippen molar-refractivity contribution in [3.63, 3.8) is 0 Å². The van der Waals surface area contributed by atoms with Crippen LogP contribution in [0, 0.1) is 0 Å². The zero-order valence-corrected chi connectivity index (χ0v) is 14.3. The Labute approximate surface area is 147 Å². The highest BCUT2D eigenvalue weighted by Gasteiger charge is 2.13. The Hall–Kier alpha value is -2.58. The van der Waals surface area contributed by atoms with E-state index in [0.29, 0.717) is 12.4 Å². The normalized spacial score (nSPS) is 14.5. The second kappa shape index (κ2) is 8.00. The van der Waals surface area contributed by atoms with Crippen molar-refractivity contribution < 1.29 is 9.94 Å². The first kappa shape index (κ1) is 17.2. The third-order valence-electron chi connectivity index (χ3n) is 4.27. The SMILES string of the molecule is COc1nc(N)c(NO)c(NCc2cccc(CN3CCCC3)c2)n1. The van der Waals surface area contributed by atoms with Crippen molar-refractivity contribution in [3.05, 3.63) is 35.4 Å². The second-order valence-corrected chi connectivity index (χ2v) is 6.09. The molecule has 0 amide bonds. The van der Waals surface area contributed by atoms with Gasteiger partial charge in [-0.1, -0.05) is 24.3 Å². The van der Waals surface area contributed by atoms with Gasteiger partial charge in [-0.2, -0.15) is 9.97 Å². The highest BCUT2D eigenvalue weighted by Crippen LogP contribution is 2.27. The molecule has 1 aromatic carbocycles. The Balaban J connectivity index is 1.70. The molecular formula is C17H24N6O2. The van der Waals surface area contributed by atoms with Gasteiger partial charge in [-0.25, -0.2) is 0 Å². The molecule has 1 saturated heterocycles. The minimum Gasteiger partial charge on any atom is -0.467 e. The molecule has 5 N–H and O–H groups in total. The number of likely N-dealkylation sites (tertiary alicyclic amines) is 1. The maximum atomic E-state index is 9.27. The molecule has 0 bridgehead atoms. The molecule has 1 aliphatic rings. The van der Waals surface area contributed by atoms with Gasteiger partial charge in [0.15, 0.2) is 11.6 Å². The average Bonchev–Trinajstić information content (AvgIpc) is 3.12. The summed E-state index contributed by atoms with van der Waals surface area (Å²) in [6.45, 7) is 3.87. The van der Waals surface area contributed by atoms with Crippen LogP contribution < -0.4 is 21.3 Å². The number of hydrogen-bond acceptors (Lipinski definition) is 8. The van der Waals surface area contributed by atoms with Crippen LogP contribution in [0.15, 0.2) is 24.3 Å². The van der Waals surface area contributed by atoms with Crippen molar-refractivity contribution in [2.75, 3.05) is 36.7 Å². The summed E-state index contributed by atoms with van der Waals surface area (Å²) in [4.78, 5) is 10.6. The molecule has 1 aromatic heterocycles. The maximum Gasteiger partial charge on any atom is 0.320 e. The number of methoxy groups -OCH3 is 1. The molecule has 0 spiro atoms. The maximum absolute atomic E-state index is 9.27. The number of aromatic nitrogens is 2. The number of nitrogens with zero attached hydrogens (tertiary/aromatic N) is 3. The summed E-state index contributed by atoms with van der Waals surface area (Å²) < 4.78 is 5.02. The van der Waals surface area contributed by atoms with Gasteiger partial charge in [-0.05, 0) is 37.1 Å². The molecule has 0 aliphatic carbocycles. The third kappa shape index (κ3) is 4.28. The van der Waals surface area contributed by atoms with E-state index < -0.39 is 0 Å². The number of nitrogens with two attached hydrogens (primary N) is 1. The third-order valence-corrected chi connectivity index (χ3v) is 4.27. The lowest BCUT2D eigenvalue weighted by Gasteiger charge is -2.16. The molecule has 2 aromatic rings. The zero-order valence-electron chi connectivity index (χ0n) is 14.3. The molecule has 1 aliphatic heterocycles. The molecular weight excluding hydrogens is 320 g/mol. The molecule has 8 heteroatoms. The first-order chi connectivity index (χ1) is 12.2. The Morgan fingerprint density at radius 2 is 2.00 bits per heavy atom. The lowest BCUT2D eigenvalue weighted by molar-refractivity contribution is 0.331. The first-order valence-electron chi connectivity index (χ1n) is 8.35. The van der Waals surface area contributed by atoms with Crippen LogP contribution in [0.3, 0.4) is 0 Å². The van der Waals surface area contributed by atoms with Gasteiger partial charge < -0.3 is 15.8 Å². The lowest BCUT2D eigenvalue weighted by Crippen LogP contribution is -2.18. The largest absolute Gasteiger partial charge is 0.467 e. The van der Waals surface area contributed by atoms with Crippen LogP contribution in [0.4, 0.5) is 17.3 Å². The van der Waals surface area contributed by atoms with Gasteiger partial charge in [-0.15, -0.1) is 0 Å². The van der Waals surface area contributed by atoms with Gasteiger partial charge in [0, 0.05) is 13.1 Å². The van der Waals surface area contributed by atoms with Crippen molar-refractivity contribution in [1.82, 2.24) is 14.9 Å². The van der Waals surface area contributed by atoms with E-state index in [1.54, 1.807) is 0 Å². The Kier molecular flexibility index (Phi) is 5.52. The van der Waals surface area contributed by atoms with Crippen molar-refractivity contribution in [2.24, 2.45) is 0 Å². The molecule has 0 saturated carbocycles. The van der Waals surface area contributed by atoms with Crippen LogP contribution in [0.1, 0.15) is 24.0 Å². The monoisotopic (exact) mass is 344 g/mol. The molecule has 0 radical (unpaired) electrons. The fourth-order valence-electron chi connectivity index (χ4n) is 3.01.